The fourth-order valence-corrected chi connectivity index (χ4v) is 5.16. The van der Waals surface area contributed by atoms with E-state index in [-0.39, 0.29) is 31.4 Å². The summed E-state index contributed by atoms with van der Waals surface area (Å²) in [4.78, 5) is 31.2. The lowest BCUT2D eigenvalue weighted by molar-refractivity contribution is -0.142. The number of piperazine rings is 1. The molecular formula is C17H26N4O4S2. The standard InChI is InChI=1S/C17H26N4O4S2/c1-27(24,25)20-8-9-21(15(22)12-20)14(11-13-5-3-2-4-6-13)16(23)19-17-18-7-10-26-17/h7,10,13-14H,2-6,8-9,11-12H2,1H3,(H,18,19,23). The van der Waals surface area contributed by atoms with Gasteiger partial charge in [-0.2, -0.15) is 4.31 Å². The zero-order valence-corrected chi connectivity index (χ0v) is 17.1. The number of nitrogens with zero attached hydrogens (tertiary/aromatic N) is 3. The van der Waals surface area contributed by atoms with Crippen LogP contribution in [0, 0.1) is 5.92 Å². The molecule has 1 saturated heterocycles. The molecule has 1 atom stereocenters. The van der Waals surface area contributed by atoms with Crippen LogP contribution in [0.4, 0.5) is 5.13 Å². The molecule has 0 spiro atoms. The van der Waals surface area contributed by atoms with Crippen molar-refractivity contribution in [3.05, 3.63) is 11.6 Å². The van der Waals surface area contributed by atoms with Crippen molar-refractivity contribution in [2.24, 2.45) is 5.92 Å². The molecule has 0 bridgehead atoms. The maximum Gasteiger partial charge on any atom is 0.248 e. The molecular weight excluding hydrogens is 388 g/mol. The van der Waals surface area contributed by atoms with Crippen LogP contribution in [0.15, 0.2) is 11.6 Å². The van der Waals surface area contributed by atoms with Crippen LogP contribution >= 0.6 is 11.3 Å². The lowest BCUT2D eigenvalue weighted by Gasteiger charge is -2.39. The molecule has 8 nitrogen and oxygen atoms in total. The second-order valence-electron chi connectivity index (χ2n) is 7.27. The van der Waals surface area contributed by atoms with E-state index in [4.69, 9.17) is 0 Å². The second-order valence-corrected chi connectivity index (χ2v) is 10.1. The monoisotopic (exact) mass is 414 g/mol. The van der Waals surface area contributed by atoms with Crippen LogP contribution in [0.2, 0.25) is 0 Å². The molecule has 1 aliphatic carbocycles. The molecule has 2 amide bonds. The van der Waals surface area contributed by atoms with E-state index in [0.717, 1.165) is 31.9 Å². The summed E-state index contributed by atoms with van der Waals surface area (Å²) >= 11 is 1.33. The van der Waals surface area contributed by atoms with Gasteiger partial charge in [-0.15, -0.1) is 11.3 Å². The van der Waals surface area contributed by atoms with Crippen LogP contribution < -0.4 is 5.32 Å². The Hall–Kier alpha value is -1.52. The number of carbonyl (C=O) groups is 2. The molecule has 2 fully saturated rings. The third kappa shape index (κ3) is 5.26. The number of aromatic nitrogens is 1. The van der Waals surface area contributed by atoms with Crippen molar-refractivity contribution in [1.82, 2.24) is 14.2 Å². The highest BCUT2D eigenvalue weighted by Gasteiger charge is 2.37. The van der Waals surface area contributed by atoms with Gasteiger partial charge in [-0.3, -0.25) is 9.59 Å². The summed E-state index contributed by atoms with van der Waals surface area (Å²) in [6.07, 6.45) is 9.00. The molecule has 1 N–H and O–H groups in total. The summed E-state index contributed by atoms with van der Waals surface area (Å²) in [5.41, 5.74) is 0. The van der Waals surface area contributed by atoms with E-state index in [1.807, 2.05) is 0 Å². The molecule has 1 aromatic heterocycles. The molecule has 1 saturated carbocycles. The maximum atomic E-state index is 12.9. The Kier molecular flexibility index (Phi) is 6.48. The minimum absolute atomic E-state index is 0.204. The van der Waals surface area contributed by atoms with Crippen LogP contribution in [0.1, 0.15) is 38.5 Å². The highest BCUT2D eigenvalue weighted by molar-refractivity contribution is 7.88. The van der Waals surface area contributed by atoms with E-state index in [0.29, 0.717) is 17.5 Å². The summed E-state index contributed by atoms with van der Waals surface area (Å²) in [7, 11) is -3.42. The predicted octanol–water partition coefficient (Wildman–Crippen LogP) is 1.52. The zero-order valence-electron chi connectivity index (χ0n) is 15.5. The molecule has 0 aromatic carbocycles. The van der Waals surface area contributed by atoms with Gasteiger partial charge in [-0.1, -0.05) is 32.1 Å². The average molecular weight is 415 g/mol. The Balaban J connectivity index is 1.74. The van der Waals surface area contributed by atoms with Gasteiger partial charge in [0.15, 0.2) is 5.13 Å². The van der Waals surface area contributed by atoms with Crippen LogP contribution in [0.25, 0.3) is 0 Å². The first-order chi connectivity index (χ1) is 12.8. The quantitative estimate of drug-likeness (QED) is 0.761. The van der Waals surface area contributed by atoms with Gasteiger partial charge in [0.25, 0.3) is 0 Å². The van der Waals surface area contributed by atoms with E-state index in [1.165, 1.54) is 22.1 Å². The van der Waals surface area contributed by atoms with Gasteiger partial charge in [-0.25, -0.2) is 13.4 Å². The average Bonchev–Trinajstić information content (AvgIpc) is 3.13. The molecule has 0 radical (unpaired) electrons. The molecule has 1 aromatic rings. The Bertz CT molecular complexity index is 760. The van der Waals surface area contributed by atoms with Gasteiger partial charge in [-0.05, 0) is 12.3 Å². The third-order valence-electron chi connectivity index (χ3n) is 5.31. The van der Waals surface area contributed by atoms with E-state index in [1.54, 1.807) is 16.5 Å². The number of sulfonamides is 1. The number of thiazole rings is 1. The number of amides is 2. The Morgan fingerprint density at radius 3 is 2.67 bits per heavy atom. The fourth-order valence-electron chi connectivity index (χ4n) is 3.87. The Morgan fingerprint density at radius 1 is 1.33 bits per heavy atom. The number of hydrogen-bond acceptors (Lipinski definition) is 6. The summed E-state index contributed by atoms with van der Waals surface area (Å²) in [6.45, 7) is 0.245. The largest absolute Gasteiger partial charge is 0.328 e. The van der Waals surface area contributed by atoms with Gasteiger partial charge in [0.2, 0.25) is 21.8 Å². The van der Waals surface area contributed by atoms with E-state index in [2.05, 4.69) is 10.3 Å². The third-order valence-corrected chi connectivity index (χ3v) is 7.25. The minimum atomic E-state index is -3.42. The normalized spacial score (nSPS) is 21.2. The molecule has 10 heteroatoms. The fraction of sp³-hybridized carbons (Fsp3) is 0.706. The molecule has 150 valence electrons. The van der Waals surface area contributed by atoms with Crippen molar-refractivity contribution in [3.63, 3.8) is 0 Å². The first-order valence-electron chi connectivity index (χ1n) is 9.29. The van der Waals surface area contributed by atoms with Crippen molar-refractivity contribution in [3.8, 4) is 0 Å². The number of nitrogens with one attached hydrogen (secondary N) is 1. The van der Waals surface area contributed by atoms with Crippen LogP contribution in [0.3, 0.4) is 0 Å². The van der Waals surface area contributed by atoms with Crippen molar-refractivity contribution in [2.75, 3.05) is 31.2 Å². The molecule has 3 rings (SSSR count). The second kappa shape index (κ2) is 8.66. The van der Waals surface area contributed by atoms with E-state index < -0.39 is 16.1 Å². The lowest BCUT2D eigenvalue weighted by Crippen LogP contribution is -2.58. The van der Waals surface area contributed by atoms with Crippen molar-refractivity contribution < 1.29 is 18.0 Å². The Labute approximate surface area is 164 Å². The van der Waals surface area contributed by atoms with Gasteiger partial charge in [0.05, 0.1) is 12.8 Å². The first-order valence-corrected chi connectivity index (χ1v) is 12.0. The van der Waals surface area contributed by atoms with E-state index >= 15 is 0 Å². The number of hydrogen-bond donors (Lipinski definition) is 1. The van der Waals surface area contributed by atoms with Gasteiger partial charge >= 0.3 is 0 Å². The SMILES string of the molecule is CS(=O)(=O)N1CCN(C(CC2CCCCC2)C(=O)Nc2nccs2)C(=O)C1. The zero-order chi connectivity index (χ0) is 19.4. The lowest BCUT2D eigenvalue weighted by atomic mass is 9.84. The van der Waals surface area contributed by atoms with Crippen molar-refractivity contribution in [2.45, 2.75) is 44.6 Å². The first kappa shape index (κ1) is 20.2. The number of rotatable bonds is 6. The van der Waals surface area contributed by atoms with Gasteiger partial charge < -0.3 is 10.2 Å². The molecule has 2 aliphatic rings. The molecule has 1 unspecified atom stereocenters. The molecule has 1 aliphatic heterocycles. The summed E-state index contributed by atoms with van der Waals surface area (Å²) in [5.74, 6) is -0.148. The van der Waals surface area contributed by atoms with Crippen molar-refractivity contribution in [1.29, 1.82) is 0 Å². The maximum absolute atomic E-state index is 12.9. The van der Waals surface area contributed by atoms with E-state index in [9.17, 15) is 18.0 Å². The smallest absolute Gasteiger partial charge is 0.248 e. The van der Waals surface area contributed by atoms with Gasteiger partial charge in [0, 0.05) is 24.7 Å². The summed E-state index contributed by atoms with van der Waals surface area (Å²) in [6, 6.07) is -0.591. The van der Waals surface area contributed by atoms with Crippen molar-refractivity contribution >= 4 is 38.3 Å². The highest BCUT2D eigenvalue weighted by Crippen LogP contribution is 2.30. The minimum Gasteiger partial charge on any atom is -0.328 e. The number of anilines is 1. The Morgan fingerprint density at radius 2 is 2.07 bits per heavy atom. The summed E-state index contributed by atoms with van der Waals surface area (Å²) in [5, 5.41) is 5.10. The number of carbonyl (C=O) groups excluding carboxylic acids is 2. The predicted molar refractivity (Wildman–Crippen MR) is 104 cm³/mol. The van der Waals surface area contributed by atoms with Crippen LogP contribution in [0.5, 0.6) is 0 Å². The topological polar surface area (TPSA) is 99.7 Å². The molecule has 2 heterocycles. The van der Waals surface area contributed by atoms with Crippen LogP contribution in [-0.2, 0) is 19.6 Å². The summed E-state index contributed by atoms with van der Waals surface area (Å²) < 4.78 is 24.6. The van der Waals surface area contributed by atoms with Crippen LogP contribution in [-0.4, -0.2) is 66.4 Å². The molecule has 27 heavy (non-hydrogen) atoms. The van der Waals surface area contributed by atoms with Gasteiger partial charge in [0.1, 0.15) is 6.04 Å². The highest BCUT2D eigenvalue weighted by atomic mass is 32.2.